The SMILES string of the molecule is CCOC(=O)C(=O)N[C@H](C(=O)N1CCCC1C(=O)NC(=C(C)C)C(O)C(F)(F)C(=O)NCc1ccccc1)C(C)C. The van der Waals surface area contributed by atoms with Gasteiger partial charge in [-0.2, -0.15) is 8.78 Å². The van der Waals surface area contributed by atoms with E-state index in [2.05, 4.69) is 20.7 Å². The minimum absolute atomic E-state index is 0.0345. The summed E-state index contributed by atoms with van der Waals surface area (Å²) in [4.78, 5) is 64.1. The number of nitrogens with one attached hydrogen (secondary N) is 3. The molecular weight excluding hydrogens is 542 g/mol. The smallest absolute Gasteiger partial charge is 0.396 e. The topological polar surface area (TPSA) is 154 Å². The molecule has 1 aromatic rings. The third kappa shape index (κ3) is 8.56. The van der Waals surface area contributed by atoms with Crippen molar-refractivity contribution in [3.05, 3.63) is 47.2 Å². The van der Waals surface area contributed by atoms with Crippen LogP contribution < -0.4 is 16.0 Å². The molecule has 1 fully saturated rings. The average molecular weight is 581 g/mol. The highest BCUT2D eigenvalue weighted by Gasteiger charge is 2.49. The fourth-order valence-corrected chi connectivity index (χ4v) is 4.28. The molecule has 0 saturated carbocycles. The van der Waals surface area contributed by atoms with Gasteiger partial charge in [0, 0.05) is 13.1 Å². The van der Waals surface area contributed by atoms with Gasteiger partial charge in [-0.25, -0.2) is 4.79 Å². The van der Waals surface area contributed by atoms with E-state index in [9.17, 15) is 29.1 Å². The number of rotatable bonds is 11. The van der Waals surface area contributed by atoms with Gasteiger partial charge in [0.15, 0.2) is 6.10 Å². The number of ether oxygens (including phenoxy) is 1. The van der Waals surface area contributed by atoms with Crippen molar-refractivity contribution in [2.45, 2.75) is 78.1 Å². The van der Waals surface area contributed by atoms with Crippen LogP contribution in [0.1, 0.15) is 53.0 Å². The summed E-state index contributed by atoms with van der Waals surface area (Å²) in [6.07, 6.45) is -2.08. The van der Waals surface area contributed by atoms with Gasteiger partial charge in [0.05, 0.1) is 12.3 Å². The van der Waals surface area contributed by atoms with Gasteiger partial charge in [-0.15, -0.1) is 0 Å². The summed E-state index contributed by atoms with van der Waals surface area (Å²) < 4.78 is 34.7. The van der Waals surface area contributed by atoms with Gasteiger partial charge in [0.2, 0.25) is 11.8 Å². The van der Waals surface area contributed by atoms with Crippen LogP contribution >= 0.6 is 0 Å². The number of nitrogens with zero attached hydrogens (tertiary/aromatic N) is 1. The van der Waals surface area contributed by atoms with Crippen molar-refractivity contribution in [3.8, 4) is 0 Å². The average Bonchev–Trinajstić information content (AvgIpc) is 3.43. The van der Waals surface area contributed by atoms with Gasteiger partial charge in [0.25, 0.3) is 5.91 Å². The number of alkyl halides is 2. The fourth-order valence-electron chi connectivity index (χ4n) is 4.28. The predicted octanol–water partition coefficient (Wildman–Crippen LogP) is 1.40. The number of amides is 4. The van der Waals surface area contributed by atoms with Crippen molar-refractivity contribution in [1.29, 1.82) is 0 Å². The normalized spacial score (nSPS) is 16.4. The Morgan fingerprint density at radius 1 is 1.12 bits per heavy atom. The van der Waals surface area contributed by atoms with Gasteiger partial charge in [-0.3, -0.25) is 19.2 Å². The lowest BCUT2D eigenvalue weighted by molar-refractivity contribution is -0.160. The van der Waals surface area contributed by atoms with Crippen molar-refractivity contribution in [2.75, 3.05) is 13.2 Å². The Labute approximate surface area is 237 Å². The summed E-state index contributed by atoms with van der Waals surface area (Å²) in [5.41, 5.74) is 0.134. The van der Waals surface area contributed by atoms with Gasteiger partial charge in [-0.05, 0) is 45.1 Å². The number of hydrogen-bond acceptors (Lipinski definition) is 7. The highest BCUT2D eigenvalue weighted by molar-refractivity contribution is 6.33. The Hall–Kier alpha value is -3.87. The van der Waals surface area contributed by atoms with E-state index >= 15 is 8.78 Å². The molecule has 0 aromatic heterocycles. The number of allylic oxidation sites excluding steroid dienone is 1. The summed E-state index contributed by atoms with van der Waals surface area (Å²) in [7, 11) is 0. The fraction of sp³-hybridized carbons (Fsp3) is 0.536. The minimum atomic E-state index is -4.29. The molecule has 4 amide bonds. The third-order valence-corrected chi connectivity index (χ3v) is 6.53. The number of carbonyl (C=O) groups excluding carboxylic acids is 5. The first-order valence-electron chi connectivity index (χ1n) is 13.4. The highest BCUT2D eigenvalue weighted by atomic mass is 19.3. The number of benzene rings is 1. The Kier molecular flexibility index (Phi) is 11.9. The summed E-state index contributed by atoms with van der Waals surface area (Å²) in [5.74, 6) is -10.2. The molecule has 41 heavy (non-hydrogen) atoms. The molecule has 3 atom stereocenters. The van der Waals surface area contributed by atoms with Crippen molar-refractivity contribution in [2.24, 2.45) is 5.92 Å². The number of hydrogen-bond donors (Lipinski definition) is 4. The first kappa shape index (κ1) is 33.3. The molecule has 2 unspecified atom stereocenters. The van der Waals surface area contributed by atoms with E-state index in [4.69, 9.17) is 0 Å². The predicted molar refractivity (Wildman–Crippen MR) is 144 cm³/mol. The number of carbonyl (C=O) groups is 5. The lowest BCUT2D eigenvalue weighted by atomic mass is 10.0. The zero-order valence-electron chi connectivity index (χ0n) is 23.8. The first-order chi connectivity index (χ1) is 19.2. The Balaban J connectivity index is 2.16. The van der Waals surface area contributed by atoms with Crippen LogP contribution in [0.4, 0.5) is 8.78 Å². The van der Waals surface area contributed by atoms with E-state index in [-0.39, 0.29) is 31.7 Å². The molecule has 1 saturated heterocycles. The van der Waals surface area contributed by atoms with E-state index in [1.165, 1.54) is 25.7 Å². The lowest BCUT2D eigenvalue weighted by Crippen LogP contribution is -2.57. The maximum atomic E-state index is 15.0. The summed E-state index contributed by atoms with van der Waals surface area (Å²) in [6.45, 7) is 7.48. The summed E-state index contributed by atoms with van der Waals surface area (Å²) in [6, 6.07) is 6.10. The zero-order valence-corrected chi connectivity index (χ0v) is 23.8. The van der Waals surface area contributed by atoms with E-state index in [1.54, 1.807) is 44.2 Å². The second-order valence-electron chi connectivity index (χ2n) is 10.2. The zero-order chi connectivity index (χ0) is 30.9. The molecule has 1 aliphatic rings. The molecule has 0 spiro atoms. The van der Waals surface area contributed by atoms with Crippen LogP contribution in [0.3, 0.4) is 0 Å². The van der Waals surface area contributed by atoms with E-state index in [1.807, 2.05) is 0 Å². The van der Waals surface area contributed by atoms with Gasteiger partial charge >= 0.3 is 17.8 Å². The molecular formula is C28H38F2N4O7. The molecule has 2 rings (SSSR count). The molecule has 226 valence electrons. The van der Waals surface area contributed by atoms with Crippen molar-refractivity contribution >= 4 is 29.6 Å². The molecule has 1 aliphatic heterocycles. The Bertz CT molecular complexity index is 1150. The molecule has 1 aromatic carbocycles. The van der Waals surface area contributed by atoms with Crippen LogP contribution in [-0.4, -0.2) is 76.9 Å². The number of halogens is 2. The maximum absolute atomic E-state index is 15.0. The van der Waals surface area contributed by atoms with Crippen molar-refractivity contribution in [3.63, 3.8) is 0 Å². The quantitative estimate of drug-likeness (QED) is 0.228. The maximum Gasteiger partial charge on any atom is 0.396 e. The Morgan fingerprint density at radius 2 is 1.76 bits per heavy atom. The van der Waals surface area contributed by atoms with E-state index in [0.717, 1.165) is 0 Å². The number of esters is 1. The van der Waals surface area contributed by atoms with E-state index in [0.29, 0.717) is 12.0 Å². The summed E-state index contributed by atoms with van der Waals surface area (Å²) in [5, 5.41) is 17.3. The number of likely N-dealkylation sites (tertiary alicyclic amines) is 1. The monoisotopic (exact) mass is 580 g/mol. The second kappa shape index (κ2) is 14.7. The standard InChI is InChI=1S/C28H38F2N4O7/c1-6-41-26(39)24(37)33-21(17(4)5)25(38)34-14-10-13-19(34)23(36)32-20(16(2)3)22(35)28(29,30)27(40)31-15-18-11-8-7-9-12-18/h7-9,11-12,17,19,21-22,35H,6,10,13-15H2,1-5H3,(H,31,40)(H,32,36)(H,33,37)/t19?,21-,22?/m0/s1. The molecule has 0 bridgehead atoms. The van der Waals surface area contributed by atoms with Crippen LogP contribution in [-0.2, 0) is 35.3 Å². The first-order valence-corrected chi connectivity index (χ1v) is 13.4. The molecule has 0 aliphatic carbocycles. The van der Waals surface area contributed by atoms with Crippen molar-refractivity contribution < 1.29 is 42.6 Å². The second-order valence-corrected chi connectivity index (χ2v) is 10.2. The van der Waals surface area contributed by atoms with Crippen molar-refractivity contribution in [1.82, 2.24) is 20.9 Å². The molecule has 4 N–H and O–H groups in total. The summed E-state index contributed by atoms with van der Waals surface area (Å²) >= 11 is 0. The van der Waals surface area contributed by atoms with Gasteiger partial charge in [0.1, 0.15) is 12.1 Å². The molecule has 11 nitrogen and oxygen atoms in total. The van der Waals surface area contributed by atoms with Crippen LogP contribution in [0.15, 0.2) is 41.6 Å². The Morgan fingerprint density at radius 3 is 2.32 bits per heavy atom. The molecule has 13 heteroatoms. The van der Waals surface area contributed by atoms with Crippen LogP contribution in [0, 0.1) is 5.92 Å². The van der Waals surface area contributed by atoms with Gasteiger partial charge in [-0.1, -0.05) is 49.8 Å². The molecule has 0 radical (unpaired) electrons. The lowest BCUT2D eigenvalue weighted by Gasteiger charge is -2.31. The number of aliphatic hydroxyl groups is 1. The number of aliphatic hydroxyl groups excluding tert-OH is 1. The highest BCUT2D eigenvalue weighted by Crippen LogP contribution is 2.27. The van der Waals surface area contributed by atoms with Crippen LogP contribution in [0.2, 0.25) is 0 Å². The van der Waals surface area contributed by atoms with Gasteiger partial charge < -0.3 is 30.7 Å². The minimum Gasteiger partial charge on any atom is -0.459 e. The largest absolute Gasteiger partial charge is 0.459 e. The third-order valence-electron chi connectivity index (χ3n) is 6.53. The van der Waals surface area contributed by atoms with E-state index < -0.39 is 65.3 Å². The van der Waals surface area contributed by atoms with Crippen LogP contribution in [0.25, 0.3) is 0 Å². The van der Waals surface area contributed by atoms with Crippen LogP contribution in [0.5, 0.6) is 0 Å². The molecule has 1 heterocycles.